The van der Waals surface area contributed by atoms with E-state index in [0.717, 1.165) is 6.07 Å². The van der Waals surface area contributed by atoms with Crippen LogP contribution < -0.4 is 8.92 Å². The predicted molar refractivity (Wildman–Crippen MR) is 65.1 cm³/mol. The lowest BCUT2D eigenvalue weighted by atomic mass is 9.79. The smallest absolute Gasteiger partial charge is 0.312 e. The summed E-state index contributed by atoms with van der Waals surface area (Å²) in [5.74, 6) is -4.32. The molecular weight excluding hydrogens is 294 g/mol. The van der Waals surface area contributed by atoms with Gasteiger partial charge in [-0.15, -0.1) is 0 Å². The van der Waals surface area contributed by atoms with E-state index in [2.05, 4.69) is 4.18 Å². The van der Waals surface area contributed by atoms with Gasteiger partial charge in [-0.2, -0.15) is 8.42 Å². The molecule has 2 rings (SSSR count). The van der Waals surface area contributed by atoms with E-state index < -0.39 is 38.9 Å². The van der Waals surface area contributed by atoms with Crippen LogP contribution in [0.2, 0.25) is 0 Å². The zero-order valence-electron chi connectivity index (χ0n) is 11.0. The van der Waals surface area contributed by atoms with Crippen LogP contribution in [0, 0.1) is 11.6 Å². The third-order valence-corrected chi connectivity index (χ3v) is 3.33. The first-order valence-electron chi connectivity index (χ1n) is 5.64. The maximum atomic E-state index is 14.3. The fraction of sp³-hybridized carbons (Fsp3) is 0.417. The minimum Gasteiger partial charge on any atom is -0.426 e. The summed E-state index contributed by atoms with van der Waals surface area (Å²) in [6, 6.07) is 0.748. The lowest BCUT2D eigenvalue weighted by Gasteiger charge is -2.31. The van der Waals surface area contributed by atoms with Crippen LogP contribution in [0.4, 0.5) is 8.78 Å². The van der Waals surface area contributed by atoms with Crippen molar-refractivity contribution in [2.24, 2.45) is 0 Å². The van der Waals surface area contributed by atoms with Gasteiger partial charge in [-0.05, 0) is 0 Å². The van der Waals surface area contributed by atoms with Gasteiger partial charge in [-0.3, -0.25) is 4.79 Å². The number of esters is 1. The second-order valence-electron chi connectivity index (χ2n) is 5.20. The molecule has 0 aromatic heterocycles. The molecule has 5 nitrogen and oxygen atoms in total. The standard InChI is InChI=1S/C12H12F2O5S/c1-12(2)5-8(15)18-7-4-6(13)11(10(14)9(7)12)19-20(3,16)17/h4H,5H2,1-3H3. The molecule has 0 unspecified atom stereocenters. The average Bonchev–Trinajstić information content (AvgIpc) is 2.19. The SMILES string of the molecule is CC1(C)CC(=O)Oc2cc(F)c(OS(C)(=O)=O)c(F)c21. The first-order valence-corrected chi connectivity index (χ1v) is 7.45. The molecule has 1 aliphatic rings. The molecule has 110 valence electrons. The minimum atomic E-state index is -4.08. The van der Waals surface area contributed by atoms with E-state index in [4.69, 9.17) is 4.74 Å². The summed E-state index contributed by atoms with van der Waals surface area (Å²) in [5.41, 5.74) is -1.05. The van der Waals surface area contributed by atoms with Gasteiger partial charge >= 0.3 is 16.1 Å². The molecule has 0 atom stereocenters. The number of rotatable bonds is 2. The molecule has 0 aliphatic carbocycles. The number of benzene rings is 1. The van der Waals surface area contributed by atoms with Crippen molar-refractivity contribution in [2.45, 2.75) is 25.7 Å². The van der Waals surface area contributed by atoms with Crippen molar-refractivity contribution in [1.29, 1.82) is 0 Å². The Hall–Kier alpha value is -1.70. The summed E-state index contributed by atoms with van der Waals surface area (Å²) in [4.78, 5) is 11.4. The summed E-state index contributed by atoms with van der Waals surface area (Å²) in [6.07, 6.45) is 0.567. The Balaban J connectivity index is 2.69. The van der Waals surface area contributed by atoms with E-state index in [-0.39, 0.29) is 17.7 Å². The molecule has 1 aliphatic heterocycles. The quantitative estimate of drug-likeness (QED) is 0.474. The summed E-state index contributed by atoms with van der Waals surface area (Å²) in [6.45, 7) is 3.13. The van der Waals surface area contributed by atoms with Crippen LogP contribution in [0.25, 0.3) is 0 Å². The molecule has 0 radical (unpaired) electrons. The van der Waals surface area contributed by atoms with Gasteiger partial charge in [0.05, 0.1) is 12.7 Å². The van der Waals surface area contributed by atoms with Gasteiger partial charge in [-0.25, -0.2) is 8.78 Å². The molecule has 0 bridgehead atoms. The van der Waals surface area contributed by atoms with Crippen molar-refractivity contribution >= 4 is 16.1 Å². The summed E-state index contributed by atoms with van der Waals surface area (Å²) >= 11 is 0. The topological polar surface area (TPSA) is 69.7 Å². The van der Waals surface area contributed by atoms with Crippen molar-refractivity contribution in [1.82, 2.24) is 0 Å². The maximum Gasteiger partial charge on any atom is 0.312 e. The molecule has 0 amide bonds. The van der Waals surface area contributed by atoms with Crippen molar-refractivity contribution in [2.75, 3.05) is 6.26 Å². The fourth-order valence-corrected chi connectivity index (χ4v) is 2.58. The zero-order chi connectivity index (χ0) is 15.3. The first kappa shape index (κ1) is 14.7. The second-order valence-corrected chi connectivity index (χ2v) is 6.77. The normalized spacial score (nSPS) is 17.4. The van der Waals surface area contributed by atoms with Crippen LogP contribution in [0.3, 0.4) is 0 Å². The van der Waals surface area contributed by atoms with Gasteiger partial charge in [0, 0.05) is 17.0 Å². The van der Waals surface area contributed by atoms with Crippen molar-refractivity contribution in [3.05, 3.63) is 23.3 Å². The summed E-state index contributed by atoms with van der Waals surface area (Å²) in [7, 11) is -4.08. The Kier molecular flexibility index (Phi) is 3.24. The monoisotopic (exact) mass is 306 g/mol. The van der Waals surface area contributed by atoms with Gasteiger partial charge in [0.15, 0.2) is 11.6 Å². The molecule has 0 fully saturated rings. The summed E-state index contributed by atoms with van der Waals surface area (Å²) < 4.78 is 59.3. The molecule has 1 aromatic carbocycles. The predicted octanol–water partition coefficient (Wildman–Crippen LogP) is 1.89. The molecule has 20 heavy (non-hydrogen) atoms. The molecule has 0 saturated heterocycles. The number of hydrogen-bond acceptors (Lipinski definition) is 5. The lowest BCUT2D eigenvalue weighted by molar-refractivity contribution is -0.137. The van der Waals surface area contributed by atoms with E-state index in [1.807, 2.05) is 0 Å². The molecule has 0 N–H and O–H groups in total. The number of ether oxygens (including phenoxy) is 1. The van der Waals surface area contributed by atoms with Crippen molar-refractivity contribution in [3.8, 4) is 11.5 Å². The highest BCUT2D eigenvalue weighted by molar-refractivity contribution is 7.86. The van der Waals surface area contributed by atoms with Gasteiger partial charge in [0.2, 0.25) is 5.75 Å². The highest BCUT2D eigenvalue weighted by Gasteiger charge is 2.39. The number of carbonyl (C=O) groups is 1. The minimum absolute atomic E-state index is 0.0860. The van der Waals surface area contributed by atoms with Crippen LogP contribution in [-0.4, -0.2) is 20.6 Å². The maximum absolute atomic E-state index is 14.3. The van der Waals surface area contributed by atoms with Gasteiger partial charge in [-0.1, -0.05) is 13.8 Å². The van der Waals surface area contributed by atoms with Gasteiger partial charge in [0.25, 0.3) is 0 Å². The summed E-state index contributed by atoms with van der Waals surface area (Å²) in [5, 5.41) is 0. The molecule has 8 heteroatoms. The third-order valence-electron chi connectivity index (χ3n) is 2.86. The Labute approximate surface area is 114 Å². The highest BCUT2D eigenvalue weighted by atomic mass is 32.2. The first-order chi connectivity index (χ1) is 9.01. The van der Waals surface area contributed by atoms with Crippen LogP contribution in [0.5, 0.6) is 11.5 Å². The van der Waals surface area contributed by atoms with Gasteiger partial charge < -0.3 is 8.92 Å². The molecule has 0 saturated carbocycles. The Bertz CT molecular complexity index is 694. The molecule has 0 spiro atoms. The number of fused-ring (bicyclic) bond motifs is 1. The van der Waals surface area contributed by atoms with E-state index in [0.29, 0.717) is 6.26 Å². The van der Waals surface area contributed by atoms with Crippen LogP contribution >= 0.6 is 0 Å². The zero-order valence-corrected chi connectivity index (χ0v) is 11.8. The lowest BCUT2D eigenvalue weighted by Crippen LogP contribution is -2.32. The third kappa shape index (κ3) is 2.60. The number of halogens is 2. The van der Waals surface area contributed by atoms with Crippen molar-refractivity contribution < 1.29 is 30.9 Å². The van der Waals surface area contributed by atoms with E-state index >= 15 is 0 Å². The number of hydrogen-bond donors (Lipinski definition) is 0. The van der Waals surface area contributed by atoms with Crippen LogP contribution in [0.15, 0.2) is 6.07 Å². The second kappa shape index (κ2) is 4.41. The Morgan fingerprint density at radius 2 is 1.95 bits per heavy atom. The van der Waals surface area contributed by atoms with E-state index in [1.165, 1.54) is 0 Å². The van der Waals surface area contributed by atoms with Crippen molar-refractivity contribution in [3.63, 3.8) is 0 Å². The van der Waals surface area contributed by atoms with E-state index in [1.54, 1.807) is 13.8 Å². The largest absolute Gasteiger partial charge is 0.426 e. The Morgan fingerprint density at radius 1 is 1.35 bits per heavy atom. The van der Waals surface area contributed by atoms with Crippen LogP contribution in [0.1, 0.15) is 25.8 Å². The molecular formula is C12H12F2O5S. The molecule has 1 aromatic rings. The fourth-order valence-electron chi connectivity index (χ4n) is 2.13. The average molecular weight is 306 g/mol. The number of carbonyl (C=O) groups excluding carboxylic acids is 1. The van der Waals surface area contributed by atoms with Gasteiger partial charge in [0.1, 0.15) is 5.75 Å². The highest BCUT2D eigenvalue weighted by Crippen LogP contribution is 2.44. The van der Waals surface area contributed by atoms with E-state index in [9.17, 15) is 22.0 Å². The van der Waals surface area contributed by atoms with Crippen LogP contribution in [-0.2, 0) is 20.3 Å². The molecule has 1 heterocycles. The Morgan fingerprint density at radius 3 is 2.50 bits per heavy atom.